The van der Waals surface area contributed by atoms with Crippen LogP contribution in [0.5, 0.6) is 0 Å². The molecule has 2 aliphatic carbocycles. The third-order valence-electron chi connectivity index (χ3n) is 8.28. The average Bonchev–Trinajstić information content (AvgIpc) is 3.69. The number of aromatic nitrogens is 2. The first-order valence-corrected chi connectivity index (χ1v) is 12.4. The van der Waals surface area contributed by atoms with E-state index in [0.717, 1.165) is 66.2 Å². The molecule has 1 aromatic heterocycles. The number of piperidine rings is 1. The van der Waals surface area contributed by atoms with Gasteiger partial charge in [0.15, 0.2) is 0 Å². The molecule has 0 bridgehead atoms. The summed E-state index contributed by atoms with van der Waals surface area (Å²) < 4.78 is 15.1. The van der Waals surface area contributed by atoms with Crippen LogP contribution in [-0.4, -0.2) is 27.8 Å². The minimum Gasteiger partial charge on any atom is -0.304 e. The molecule has 33 heavy (non-hydrogen) atoms. The summed E-state index contributed by atoms with van der Waals surface area (Å²) >= 11 is 0. The highest BCUT2D eigenvalue weighted by molar-refractivity contribution is 5.84. The maximum Gasteiger partial charge on any atom is 0.150 e. The van der Waals surface area contributed by atoms with Crippen LogP contribution in [0.1, 0.15) is 50.5 Å². The molecule has 4 nitrogen and oxygen atoms in total. The van der Waals surface area contributed by atoms with Crippen LogP contribution >= 0.6 is 0 Å². The second-order valence-electron chi connectivity index (χ2n) is 10.5. The van der Waals surface area contributed by atoms with Crippen LogP contribution in [0.3, 0.4) is 0 Å². The summed E-state index contributed by atoms with van der Waals surface area (Å²) in [6, 6.07) is 11.5. The number of halogens is 1. The molecule has 3 aromatic rings. The molecule has 1 spiro atoms. The zero-order valence-corrected chi connectivity index (χ0v) is 18.9. The Bertz CT molecular complexity index is 1200. The predicted molar refractivity (Wildman–Crippen MR) is 127 cm³/mol. The quantitative estimate of drug-likeness (QED) is 0.579. The van der Waals surface area contributed by atoms with Gasteiger partial charge in [0.1, 0.15) is 11.6 Å². The van der Waals surface area contributed by atoms with E-state index in [2.05, 4.69) is 15.3 Å². The van der Waals surface area contributed by atoms with Crippen LogP contribution < -0.4 is 5.32 Å². The number of Topliss-reactive ketones (excluding diaryl/α,β-unsaturated/α-hetero) is 1. The number of nitrogens with zero attached hydrogens (tertiary/aromatic N) is 2. The molecule has 6 rings (SSSR count). The second kappa shape index (κ2) is 8.28. The zero-order chi connectivity index (χ0) is 22.4. The molecule has 170 valence electrons. The molecule has 0 radical (unpaired) electrons. The molecule has 1 unspecified atom stereocenters. The summed E-state index contributed by atoms with van der Waals surface area (Å²) in [6.07, 6.45) is 12.0. The van der Waals surface area contributed by atoms with E-state index >= 15 is 4.39 Å². The molecule has 2 saturated carbocycles. The van der Waals surface area contributed by atoms with Gasteiger partial charge in [0.05, 0.1) is 17.6 Å². The first-order valence-electron chi connectivity index (χ1n) is 12.4. The van der Waals surface area contributed by atoms with E-state index in [9.17, 15) is 4.79 Å². The standard InChI is InChI=1S/C28H30FN3O/c29-24-14-20(21-5-6-25-26(15-21)31-12-11-30-25)3-4-22(24)13-18-7-9-28(10-8-18)16-23(19-1-2-19)27(33)17-32-28/h3-6,11-12,14-15,18-19,23,32H,1-2,7-10,13,16-17H2. The Morgan fingerprint density at radius 3 is 2.42 bits per heavy atom. The van der Waals surface area contributed by atoms with Crippen LogP contribution in [-0.2, 0) is 11.2 Å². The van der Waals surface area contributed by atoms with E-state index in [4.69, 9.17) is 0 Å². The number of hydrogen-bond donors (Lipinski definition) is 1. The lowest BCUT2D eigenvalue weighted by Crippen LogP contribution is -2.56. The molecule has 5 heteroatoms. The van der Waals surface area contributed by atoms with Gasteiger partial charge in [0.25, 0.3) is 0 Å². The van der Waals surface area contributed by atoms with Crippen LogP contribution in [0.4, 0.5) is 4.39 Å². The smallest absolute Gasteiger partial charge is 0.150 e. The number of hydrogen-bond acceptors (Lipinski definition) is 4. The molecule has 2 aromatic carbocycles. The van der Waals surface area contributed by atoms with Crippen molar-refractivity contribution in [2.45, 2.75) is 56.9 Å². The van der Waals surface area contributed by atoms with E-state index in [0.29, 0.717) is 24.2 Å². The fourth-order valence-electron chi connectivity index (χ4n) is 6.10. The third-order valence-corrected chi connectivity index (χ3v) is 8.28. The van der Waals surface area contributed by atoms with Crippen molar-refractivity contribution in [2.24, 2.45) is 17.8 Å². The van der Waals surface area contributed by atoms with Gasteiger partial charge in [-0.25, -0.2) is 4.39 Å². The monoisotopic (exact) mass is 443 g/mol. The summed E-state index contributed by atoms with van der Waals surface area (Å²) in [5.41, 5.74) is 4.43. The lowest BCUT2D eigenvalue weighted by Gasteiger charge is -2.46. The molecule has 1 atom stereocenters. The van der Waals surface area contributed by atoms with Crippen LogP contribution in [0.2, 0.25) is 0 Å². The van der Waals surface area contributed by atoms with Gasteiger partial charge in [-0.15, -0.1) is 0 Å². The summed E-state index contributed by atoms with van der Waals surface area (Å²) in [4.78, 5) is 21.0. The normalized spacial score (nSPS) is 27.8. The van der Waals surface area contributed by atoms with Gasteiger partial charge in [-0.2, -0.15) is 0 Å². The van der Waals surface area contributed by atoms with Crippen LogP contribution in [0.25, 0.3) is 22.2 Å². The lowest BCUT2D eigenvalue weighted by molar-refractivity contribution is -0.126. The van der Waals surface area contributed by atoms with Crippen molar-refractivity contribution in [3.63, 3.8) is 0 Å². The van der Waals surface area contributed by atoms with Gasteiger partial charge < -0.3 is 5.32 Å². The second-order valence-corrected chi connectivity index (χ2v) is 10.5. The van der Waals surface area contributed by atoms with Crippen molar-refractivity contribution in [1.29, 1.82) is 0 Å². The molecular formula is C28H30FN3O. The Morgan fingerprint density at radius 2 is 1.67 bits per heavy atom. The number of nitrogens with one attached hydrogen (secondary N) is 1. The number of benzene rings is 2. The fourth-order valence-corrected chi connectivity index (χ4v) is 6.10. The minimum absolute atomic E-state index is 0.123. The first-order chi connectivity index (χ1) is 16.1. The Morgan fingerprint density at radius 1 is 0.939 bits per heavy atom. The van der Waals surface area contributed by atoms with Crippen molar-refractivity contribution in [3.05, 3.63) is 60.2 Å². The minimum atomic E-state index is -0.123. The first kappa shape index (κ1) is 20.9. The Hall–Kier alpha value is -2.66. The van der Waals surface area contributed by atoms with Crippen molar-refractivity contribution < 1.29 is 9.18 Å². The summed E-state index contributed by atoms with van der Waals surface area (Å²) in [6.45, 7) is 0.544. The van der Waals surface area contributed by atoms with Gasteiger partial charge >= 0.3 is 0 Å². The average molecular weight is 444 g/mol. The van der Waals surface area contributed by atoms with E-state index in [1.54, 1.807) is 18.5 Å². The van der Waals surface area contributed by atoms with Gasteiger partial charge in [0, 0.05) is 23.9 Å². The Balaban J connectivity index is 1.12. The van der Waals surface area contributed by atoms with Gasteiger partial charge in [-0.3, -0.25) is 14.8 Å². The molecule has 1 N–H and O–H groups in total. The fraction of sp³-hybridized carbons (Fsp3) is 0.464. The Labute approximate surface area is 194 Å². The SMILES string of the molecule is O=C1CNC2(CCC(Cc3ccc(-c4ccc5nccnc5c4)cc3F)CC2)CC1C1CC1. The number of fused-ring (bicyclic) bond motifs is 1. The molecule has 1 saturated heterocycles. The van der Waals surface area contributed by atoms with Gasteiger partial charge in [-0.1, -0.05) is 18.2 Å². The highest BCUT2D eigenvalue weighted by atomic mass is 19.1. The third kappa shape index (κ3) is 4.19. The van der Waals surface area contributed by atoms with E-state index < -0.39 is 0 Å². The lowest BCUT2D eigenvalue weighted by atomic mass is 9.68. The van der Waals surface area contributed by atoms with Crippen molar-refractivity contribution in [1.82, 2.24) is 15.3 Å². The highest BCUT2D eigenvalue weighted by Crippen LogP contribution is 2.47. The highest BCUT2D eigenvalue weighted by Gasteiger charge is 2.47. The molecular weight excluding hydrogens is 413 g/mol. The number of ketones is 1. The molecule has 3 fully saturated rings. The van der Waals surface area contributed by atoms with Crippen LogP contribution in [0.15, 0.2) is 48.8 Å². The number of carbonyl (C=O) groups excluding carboxylic acids is 1. The predicted octanol–water partition coefficient (Wildman–Crippen LogP) is 5.50. The zero-order valence-electron chi connectivity index (χ0n) is 18.9. The largest absolute Gasteiger partial charge is 0.304 e. The van der Waals surface area contributed by atoms with Gasteiger partial charge in [0.2, 0.25) is 0 Å². The molecule has 3 aliphatic rings. The van der Waals surface area contributed by atoms with Crippen molar-refractivity contribution in [2.75, 3.05) is 6.54 Å². The molecule has 2 heterocycles. The summed E-state index contributed by atoms with van der Waals surface area (Å²) in [7, 11) is 0. The summed E-state index contributed by atoms with van der Waals surface area (Å²) in [5.74, 6) is 1.74. The van der Waals surface area contributed by atoms with E-state index in [1.165, 1.54) is 12.8 Å². The number of rotatable bonds is 4. The maximum atomic E-state index is 15.1. The van der Waals surface area contributed by atoms with Gasteiger partial charge in [-0.05, 0) is 98.1 Å². The molecule has 1 aliphatic heterocycles. The summed E-state index contributed by atoms with van der Waals surface area (Å²) in [5, 5.41) is 3.60. The van der Waals surface area contributed by atoms with E-state index in [-0.39, 0.29) is 17.3 Å². The van der Waals surface area contributed by atoms with E-state index in [1.807, 2.05) is 30.3 Å². The van der Waals surface area contributed by atoms with Crippen molar-refractivity contribution >= 4 is 16.8 Å². The maximum absolute atomic E-state index is 15.1. The van der Waals surface area contributed by atoms with Crippen molar-refractivity contribution in [3.8, 4) is 11.1 Å². The number of carbonyl (C=O) groups is 1. The van der Waals surface area contributed by atoms with Crippen LogP contribution in [0, 0.1) is 23.6 Å². The Kier molecular flexibility index (Phi) is 5.25. The topological polar surface area (TPSA) is 54.9 Å². The molecule has 0 amide bonds.